The molecule has 0 amide bonds. The molecule has 13 atom stereocenters. The fourth-order valence-electron chi connectivity index (χ4n) is 19.3. The van der Waals surface area contributed by atoms with Crippen molar-refractivity contribution in [2.24, 2.45) is 10.9 Å². The Balaban J connectivity index is 0.000000185. The van der Waals surface area contributed by atoms with E-state index in [1.807, 2.05) is 45.6 Å². The van der Waals surface area contributed by atoms with Crippen LogP contribution in [0.15, 0.2) is 35.3 Å². The molecule has 0 N–H and O–H groups in total. The zero-order valence-electron chi connectivity index (χ0n) is 80.9. The molecule has 1 aliphatic carbocycles. The van der Waals surface area contributed by atoms with E-state index in [4.69, 9.17) is 67.8 Å². The van der Waals surface area contributed by atoms with Gasteiger partial charge in [0.25, 0.3) is 0 Å². The summed E-state index contributed by atoms with van der Waals surface area (Å²) in [7, 11) is 1.16. The SMILES string of the molecule is CC1CN2CC(C)O[Si](CCCN(C)C)(O1)OC(C)C2.CC1CN2CC(C)O[Si](CCCN3CCCC3)(O1)OC(C)C2.CC1CN2CC(C)O[Si](CCCN=Cc3ccccc3)(O1)OC(C)C2.CC1CN2CC(C)O[Si](CCCOCC3CC3)(O1)OC(C)C2.CCO[Si]12N(C)CCN(CCN1C)CCN2C.CCO[Si]12SCCN(CCS1)CCS2.[3H]S(=P)I.[Y]. The van der Waals surface area contributed by atoms with E-state index in [0.29, 0.717) is 0 Å². The molecule has 12 bridgehead atoms. The molecule has 21 rings (SSSR count). The van der Waals surface area contributed by atoms with Gasteiger partial charge in [0.05, 0.1) is 73.2 Å². The number of aliphatic imine (C=N–C) groups is 1. The number of nitrogens with zero attached hydrogens (tertiary/aromatic N) is 12. The van der Waals surface area contributed by atoms with Crippen molar-refractivity contribution >= 4 is 127 Å². The maximum atomic E-state index is 6.51. The Morgan fingerprint density at radius 1 is 0.468 bits per heavy atom. The summed E-state index contributed by atoms with van der Waals surface area (Å²) < 4.78 is 108. The molecule has 124 heavy (non-hydrogen) atoms. The van der Waals surface area contributed by atoms with Gasteiger partial charge in [0.15, 0.2) is 0 Å². The van der Waals surface area contributed by atoms with Crippen molar-refractivity contribution in [1.29, 1.82) is 1.12 Å². The molecule has 40 heteroatoms. The molecule has 0 aromatic heterocycles. The molecule has 19 heterocycles. The average Bonchev–Trinajstić information content (AvgIpc) is 1.39. The summed E-state index contributed by atoms with van der Waals surface area (Å²) in [5.41, 5.74) is 1.13. The van der Waals surface area contributed by atoms with Gasteiger partial charge in [-0.25, -0.2) is 0 Å². The van der Waals surface area contributed by atoms with Gasteiger partial charge in [-0.15, -0.1) is 41.6 Å². The van der Waals surface area contributed by atoms with Crippen LogP contribution in [0.4, 0.5) is 0 Å². The molecule has 1 radical (unpaired) electrons. The van der Waals surface area contributed by atoms with Gasteiger partial charge in [-0.05, 0) is 242 Å². The summed E-state index contributed by atoms with van der Waals surface area (Å²) in [6.45, 7) is 61.3. The van der Waals surface area contributed by atoms with Crippen molar-refractivity contribution in [3.05, 3.63) is 35.9 Å². The van der Waals surface area contributed by atoms with Gasteiger partial charge >= 0.3 is 49.8 Å². The average molecular weight is 2130 g/mol. The maximum Gasteiger partial charge on any atom is 0.501 e. The minimum atomic E-state index is -2.65. The van der Waals surface area contributed by atoms with Gasteiger partial charge in [-0.2, -0.15) is 0 Å². The number of fused-ring (bicyclic) bond motifs is 36. The second-order valence-corrected chi connectivity index (χ2v) is 69.1. The second-order valence-electron chi connectivity index (χ2n) is 37.0. The third-order valence-electron chi connectivity index (χ3n) is 24.1. The molecule has 19 saturated heterocycles. The molecular weight excluding hydrogens is 1960 g/mol. The molecule has 20 aliphatic rings. The second kappa shape index (κ2) is 57.3. The number of likely N-dealkylation sites (N-methyl/N-ethyl adjacent to an activating group) is 3. The van der Waals surface area contributed by atoms with E-state index >= 15 is 0 Å². The number of thiol groups is 1. The summed E-state index contributed by atoms with van der Waals surface area (Å²) in [4.78, 5) is 24.1. The van der Waals surface area contributed by atoms with Gasteiger partial charge < -0.3 is 81.4 Å². The summed E-state index contributed by atoms with van der Waals surface area (Å²) in [6, 6.07) is 13.8. The van der Waals surface area contributed by atoms with Crippen LogP contribution in [0.3, 0.4) is 0 Å². The van der Waals surface area contributed by atoms with Crippen molar-refractivity contribution in [1.82, 2.24) is 52.9 Å². The molecule has 0 spiro atoms. The van der Waals surface area contributed by atoms with Crippen molar-refractivity contribution in [3.8, 4) is 0 Å². The van der Waals surface area contributed by atoms with Crippen LogP contribution >= 0.6 is 62.9 Å². The standard InChI is InChI=1S/C19H30N2O3Si.C16H32N2O3Si.C16H31NO4Si.C14H30N2O3Si.C11H26N4OSi.C8H17NOS3Si.H2IPS.Y/c1-16-13-21-14-17(2)23-25(22-16,24-18(3)15-21)11-7-10-20-12-19-8-5-4-6-9-19;1-14-11-18-12-15(2)20-22(19-14,21-16(3)13-18)10-6-9-17-7-4-5-8-17;1-13-9-17-10-14(2)20-22(19-13,21-15(3)11-17)8-4-7-18-12-16-5-6-16;1-12-9-16-10-13(2)18-20(17-12,19-14(3)11-16)8-6-7-15(4)5;1-5-16-17-12(2)6-9-15(10-7-13(17)3)11-8-14(17)4;1-2-10-14-11-6-3-9(4-7-12-14)5-8-13-14;1-3-2;/h4-6,8-9,12,16-18H,7,10-11,13-15H2,1-3H3;14-16H,4-13H2,1-3H3;13-16H,4-12H2,1-3H3;12-14H,6-11H2,1-5H3;5-11H2,1-4H3;2-8H2,1H3;2-3H;/i;;;;;;3T;. The van der Waals surface area contributed by atoms with E-state index in [2.05, 4.69) is 244 Å². The van der Waals surface area contributed by atoms with Crippen LogP contribution < -0.4 is 0 Å². The monoisotopic (exact) mass is 2130 g/mol. The molecule has 1 aromatic rings. The first-order valence-corrected chi connectivity index (χ1v) is 68.2. The fourth-order valence-corrected chi connectivity index (χ4v) is 51.0. The molecule has 20 fully saturated rings. The minimum absolute atomic E-state index is 0. The summed E-state index contributed by atoms with van der Waals surface area (Å²) in [5.74, 6) is 3.13. The number of hydrogen-bond donors (Lipinski definition) is 1. The smallest absolute Gasteiger partial charge is 0.392 e. The molecule has 717 valence electrons. The van der Waals surface area contributed by atoms with Crippen LogP contribution in [-0.2, 0) is 107 Å². The summed E-state index contributed by atoms with van der Waals surface area (Å²) >= 11 is 8.33. The zero-order chi connectivity index (χ0) is 89.5. The van der Waals surface area contributed by atoms with Gasteiger partial charge in [0, 0.05) is 251 Å². The topological polar surface area (TPSA) is 186 Å². The number of benzene rings is 1. The van der Waals surface area contributed by atoms with Crippen molar-refractivity contribution < 1.29 is 99.4 Å². The normalized spacial score (nSPS) is 39.5. The first kappa shape index (κ1) is 110. The van der Waals surface area contributed by atoms with Crippen LogP contribution in [0.25, 0.3) is 0 Å². The van der Waals surface area contributed by atoms with Gasteiger partial charge in [0.1, 0.15) is 1.12 Å². The summed E-state index contributed by atoms with van der Waals surface area (Å²) in [5, 5.41) is 0. The van der Waals surface area contributed by atoms with E-state index in [-0.39, 0.29) is 114 Å². The van der Waals surface area contributed by atoms with E-state index in [1.165, 1.54) is 95.3 Å². The number of halogens is 1. The number of ether oxygens (including phenoxy) is 1. The van der Waals surface area contributed by atoms with Crippen LogP contribution in [0.5, 0.6) is 0 Å². The van der Waals surface area contributed by atoms with Crippen LogP contribution in [0.1, 0.15) is 154 Å². The first-order valence-electron chi connectivity index (χ1n) is 47.6. The van der Waals surface area contributed by atoms with Gasteiger partial charge in [-0.3, -0.25) is 43.2 Å². The van der Waals surface area contributed by atoms with E-state index in [9.17, 15) is 0 Å². The predicted molar refractivity (Wildman–Crippen MR) is 534 cm³/mol. The first-order chi connectivity index (χ1) is 59.2. The Kier molecular flexibility index (Phi) is 51.0. The molecule has 13 unspecified atom stereocenters. The Labute approximate surface area is 814 Å². The van der Waals surface area contributed by atoms with Crippen molar-refractivity contribution in [2.75, 3.05) is 249 Å². The van der Waals surface area contributed by atoms with Crippen LogP contribution in [0.2, 0.25) is 24.2 Å². The Morgan fingerprint density at radius 3 is 1.12 bits per heavy atom. The minimum Gasteiger partial charge on any atom is -0.392 e. The number of likely N-dealkylation sites (tertiary alicyclic amines) is 1. The molecular formula is C84H168IN12O15PS4Si6Y. The Hall–Kier alpha value is 2.69. The molecule has 1 aromatic carbocycles. The van der Waals surface area contributed by atoms with E-state index < -0.39 is 49.8 Å². The third-order valence-corrected chi connectivity index (χ3v) is 56.7. The Morgan fingerprint density at radius 2 is 0.790 bits per heavy atom. The third kappa shape index (κ3) is 38.5. The van der Waals surface area contributed by atoms with Crippen LogP contribution in [-0.4, -0.2) is 432 Å². The molecule has 19 aliphatic heterocycles. The fraction of sp³-hybridized carbons (Fsp3) is 0.917. The number of rotatable bonds is 23. The van der Waals surface area contributed by atoms with Crippen molar-refractivity contribution in [3.63, 3.8) is 0 Å². The van der Waals surface area contributed by atoms with Gasteiger partial charge in [-0.1, -0.05) is 38.3 Å². The molecule has 27 nitrogen and oxygen atoms in total. The van der Waals surface area contributed by atoms with E-state index in [1.54, 1.807) is 0 Å². The van der Waals surface area contributed by atoms with Crippen LogP contribution in [0, 0.1) is 5.92 Å². The molecule has 1 saturated carbocycles. The van der Waals surface area contributed by atoms with E-state index in [0.717, 1.165) is 206 Å². The quantitative estimate of drug-likeness (QED) is 0.0272. The largest absolute Gasteiger partial charge is 0.501 e. The number of hydrogen-bond acceptors (Lipinski definition) is 30. The zero-order valence-corrected chi connectivity index (χ0v) is 95.1. The van der Waals surface area contributed by atoms with Crippen molar-refractivity contribution in [2.45, 2.75) is 246 Å². The van der Waals surface area contributed by atoms with Gasteiger partial charge in [0.2, 0.25) is 0 Å². The Bertz CT molecular complexity index is 3010. The maximum absolute atomic E-state index is 6.51. The predicted octanol–water partition coefficient (Wildman–Crippen LogP) is 11.4. The summed E-state index contributed by atoms with van der Waals surface area (Å²) in [6.07, 6.45) is 13.6.